The summed E-state index contributed by atoms with van der Waals surface area (Å²) in [5, 5.41) is 8.64. The van der Waals surface area contributed by atoms with Crippen LogP contribution in [-0.4, -0.2) is 11.3 Å². The summed E-state index contributed by atoms with van der Waals surface area (Å²) in [5.41, 5.74) is 0.106. The lowest BCUT2D eigenvalue weighted by atomic mass is 10.3. The van der Waals surface area contributed by atoms with Gasteiger partial charge in [0.05, 0.1) is 9.13 Å². The van der Waals surface area contributed by atoms with Gasteiger partial charge in [0, 0.05) is 0 Å². The first-order valence-electron chi connectivity index (χ1n) is 3.35. The molecule has 0 aliphatic heterocycles. The minimum absolute atomic E-state index is 0.0489. The van der Waals surface area contributed by atoms with Gasteiger partial charge in [0.25, 0.3) is 0 Å². The Morgan fingerprint density at radius 3 is 2.47 bits per heavy atom. The van der Waals surface area contributed by atoms with E-state index in [2.05, 4.69) is 9.72 Å². The van der Waals surface area contributed by atoms with Crippen LogP contribution in [0.4, 0.5) is 13.2 Å². The SMILES string of the molecule is N#Cc1cc(I)nc(OC(F)(F)F)c1I. The summed E-state index contributed by atoms with van der Waals surface area (Å²) in [6, 6.07) is 3.14. The van der Waals surface area contributed by atoms with E-state index in [1.807, 2.05) is 0 Å². The molecule has 1 heterocycles. The minimum Gasteiger partial charge on any atom is -0.387 e. The van der Waals surface area contributed by atoms with E-state index in [4.69, 9.17) is 5.26 Å². The van der Waals surface area contributed by atoms with Crippen LogP contribution < -0.4 is 4.74 Å². The van der Waals surface area contributed by atoms with E-state index in [-0.39, 0.29) is 12.8 Å². The van der Waals surface area contributed by atoms with E-state index in [1.54, 1.807) is 51.3 Å². The molecule has 0 atom stereocenters. The Labute approximate surface area is 110 Å². The number of alkyl halides is 3. The zero-order valence-electron chi connectivity index (χ0n) is 6.77. The molecule has 0 radical (unpaired) electrons. The number of rotatable bonds is 1. The number of hydrogen-bond donors (Lipinski definition) is 0. The zero-order valence-corrected chi connectivity index (χ0v) is 11.1. The molecule has 1 aromatic rings. The maximum atomic E-state index is 11.9. The number of nitrogens with zero attached hydrogens (tertiary/aromatic N) is 2. The molecule has 15 heavy (non-hydrogen) atoms. The Morgan fingerprint density at radius 2 is 2.00 bits per heavy atom. The van der Waals surface area contributed by atoms with Gasteiger partial charge in [-0.2, -0.15) is 5.26 Å². The predicted octanol–water partition coefficient (Wildman–Crippen LogP) is 3.06. The van der Waals surface area contributed by atoms with Gasteiger partial charge in [0.1, 0.15) is 9.77 Å². The Morgan fingerprint density at radius 1 is 1.40 bits per heavy atom. The van der Waals surface area contributed by atoms with E-state index < -0.39 is 12.2 Å². The van der Waals surface area contributed by atoms with E-state index in [0.29, 0.717) is 0 Å². The Kier molecular flexibility index (Phi) is 3.99. The van der Waals surface area contributed by atoms with Gasteiger partial charge < -0.3 is 4.74 Å². The predicted molar refractivity (Wildman–Crippen MR) is 61.1 cm³/mol. The third-order valence-electron chi connectivity index (χ3n) is 1.23. The maximum Gasteiger partial charge on any atom is 0.574 e. The molecular weight excluding hydrogens is 439 g/mol. The zero-order chi connectivity index (χ0) is 11.6. The molecule has 0 aliphatic rings. The first-order valence-corrected chi connectivity index (χ1v) is 5.51. The van der Waals surface area contributed by atoms with Crippen molar-refractivity contribution in [3.8, 4) is 11.9 Å². The van der Waals surface area contributed by atoms with Crippen LogP contribution in [0.2, 0.25) is 0 Å². The van der Waals surface area contributed by atoms with Gasteiger partial charge in [0.15, 0.2) is 0 Å². The van der Waals surface area contributed by atoms with Crippen molar-refractivity contribution >= 4 is 45.2 Å². The third-order valence-corrected chi connectivity index (χ3v) is 2.82. The molecule has 3 nitrogen and oxygen atoms in total. The summed E-state index contributed by atoms with van der Waals surface area (Å²) < 4.78 is 39.8. The first-order chi connectivity index (χ1) is 6.83. The number of hydrogen-bond acceptors (Lipinski definition) is 3. The Bertz CT molecular complexity index is 427. The number of halogens is 5. The highest BCUT2D eigenvalue weighted by Crippen LogP contribution is 2.28. The average Bonchev–Trinajstić information content (AvgIpc) is 2.08. The molecule has 8 heteroatoms. The normalized spacial score (nSPS) is 10.9. The van der Waals surface area contributed by atoms with Gasteiger partial charge in [0.2, 0.25) is 5.88 Å². The Balaban J connectivity index is 3.20. The summed E-state index contributed by atoms with van der Waals surface area (Å²) in [7, 11) is 0. The molecule has 0 amide bonds. The van der Waals surface area contributed by atoms with Crippen LogP contribution in [0.25, 0.3) is 0 Å². The second-order valence-electron chi connectivity index (χ2n) is 2.27. The molecule has 0 unspecified atom stereocenters. The topological polar surface area (TPSA) is 45.9 Å². The van der Waals surface area contributed by atoms with Crippen LogP contribution in [0, 0.1) is 18.6 Å². The molecule has 0 saturated carbocycles. The van der Waals surface area contributed by atoms with Crippen molar-refractivity contribution in [1.82, 2.24) is 4.98 Å². The van der Waals surface area contributed by atoms with E-state index in [9.17, 15) is 13.2 Å². The molecule has 0 fully saturated rings. The fourth-order valence-corrected chi connectivity index (χ4v) is 1.77. The highest BCUT2D eigenvalue weighted by atomic mass is 127. The fourth-order valence-electron chi connectivity index (χ4n) is 0.735. The molecular formula is C7HF3I2N2O. The number of ether oxygens (including phenoxy) is 1. The molecule has 0 N–H and O–H groups in total. The summed E-state index contributed by atoms with van der Waals surface area (Å²) in [4.78, 5) is 3.55. The number of nitriles is 1. The van der Waals surface area contributed by atoms with Crippen molar-refractivity contribution in [2.45, 2.75) is 6.36 Å². The standard InChI is InChI=1S/C7HF3I2N2O/c8-7(9,10)15-6-5(12)3(2-13)1-4(11)14-6/h1H. The highest BCUT2D eigenvalue weighted by molar-refractivity contribution is 14.1. The van der Waals surface area contributed by atoms with E-state index >= 15 is 0 Å². The van der Waals surface area contributed by atoms with E-state index in [1.165, 1.54) is 6.07 Å². The quantitative estimate of drug-likeness (QED) is 0.499. The third kappa shape index (κ3) is 3.63. The van der Waals surface area contributed by atoms with Crippen LogP contribution in [0.15, 0.2) is 6.07 Å². The lowest BCUT2D eigenvalue weighted by Gasteiger charge is -2.10. The lowest BCUT2D eigenvalue weighted by molar-refractivity contribution is -0.276. The van der Waals surface area contributed by atoms with Gasteiger partial charge in [-0.05, 0) is 51.2 Å². The van der Waals surface area contributed by atoms with E-state index in [0.717, 1.165) is 0 Å². The summed E-state index contributed by atoms with van der Waals surface area (Å²) in [6.45, 7) is 0. The first kappa shape index (κ1) is 12.8. The molecule has 1 rings (SSSR count). The Hall–Kier alpha value is -0.310. The van der Waals surface area contributed by atoms with Crippen molar-refractivity contribution < 1.29 is 17.9 Å². The monoisotopic (exact) mass is 440 g/mol. The van der Waals surface area contributed by atoms with Crippen LogP contribution in [0.5, 0.6) is 5.88 Å². The molecule has 80 valence electrons. The number of aromatic nitrogens is 1. The van der Waals surface area contributed by atoms with Crippen molar-refractivity contribution in [3.63, 3.8) is 0 Å². The smallest absolute Gasteiger partial charge is 0.387 e. The molecule has 1 aromatic heterocycles. The molecule has 0 spiro atoms. The van der Waals surface area contributed by atoms with Gasteiger partial charge >= 0.3 is 6.36 Å². The van der Waals surface area contributed by atoms with Gasteiger partial charge in [-0.1, -0.05) is 0 Å². The van der Waals surface area contributed by atoms with Crippen molar-refractivity contribution in [1.29, 1.82) is 5.26 Å². The van der Waals surface area contributed by atoms with Crippen molar-refractivity contribution in [2.24, 2.45) is 0 Å². The van der Waals surface area contributed by atoms with Crippen molar-refractivity contribution in [2.75, 3.05) is 0 Å². The van der Waals surface area contributed by atoms with Gasteiger partial charge in [-0.15, -0.1) is 13.2 Å². The van der Waals surface area contributed by atoms with Crippen LogP contribution >= 0.6 is 45.2 Å². The largest absolute Gasteiger partial charge is 0.574 e. The molecule has 0 bridgehead atoms. The fraction of sp³-hybridized carbons (Fsp3) is 0.143. The van der Waals surface area contributed by atoms with Gasteiger partial charge in [-0.3, -0.25) is 0 Å². The minimum atomic E-state index is -4.80. The number of pyridine rings is 1. The summed E-state index contributed by atoms with van der Waals surface area (Å²) in [6.07, 6.45) is -4.80. The van der Waals surface area contributed by atoms with Crippen LogP contribution in [0.3, 0.4) is 0 Å². The van der Waals surface area contributed by atoms with Gasteiger partial charge in [-0.25, -0.2) is 4.98 Å². The second-order valence-corrected chi connectivity index (χ2v) is 4.46. The molecule has 0 aromatic carbocycles. The van der Waals surface area contributed by atoms with Crippen LogP contribution in [0.1, 0.15) is 5.56 Å². The lowest BCUT2D eigenvalue weighted by Crippen LogP contribution is -2.19. The van der Waals surface area contributed by atoms with Crippen LogP contribution in [-0.2, 0) is 0 Å². The summed E-state index contributed by atoms with van der Waals surface area (Å²) >= 11 is 3.29. The molecule has 0 aliphatic carbocycles. The molecule has 0 saturated heterocycles. The average molecular weight is 440 g/mol. The maximum absolute atomic E-state index is 11.9. The van der Waals surface area contributed by atoms with Crippen molar-refractivity contribution in [3.05, 3.63) is 18.9 Å². The highest BCUT2D eigenvalue weighted by Gasteiger charge is 2.33. The summed E-state index contributed by atoms with van der Waals surface area (Å²) in [5.74, 6) is -0.591. The second kappa shape index (κ2) is 4.69.